The minimum Gasteiger partial charge on any atom is -0.490 e. The van der Waals surface area contributed by atoms with Crippen LogP contribution in [0, 0.1) is 5.41 Å². The number of aromatic nitrogens is 1. The lowest BCUT2D eigenvalue weighted by Crippen LogP contribution is -2.40. The molecule has 1 aromatic heterocycles. The molecule has 1 heterocycles. The Morgan fingerprint density at radius 1 is 1.36 bits per heavy atom. The van der Waals surface area contributed by atoms with Crippen molar-refractivity contribution in [1.82, 2.24) is 9.47 Å². The van der Waals surface area contributed by atoms with E-state index < -0.39 is 5.60 Å². The lowest BCUT2D eigenvalue weighted by molar-refractivity contribution is 0.0237. The van der Waals surface area contributed by atoms with Crippen LogP contribution in [0.2, 0.25) is 0 Å². The SMILES string of the molecule is CCN(CC(C)n1cc(OCCON)ccc1=N)C(=O)OC(C)(C)C. The highest BCUT2D eigenvalue weighted by atomic mass is 16.6. The van der Waals surface area contributed by atoms with Crippen molar-refractivity contribution >= 4 is 6.09 Å². The zero-order chi connectivity index (χ0) is 19.0. The summed E-state index contributed by atoms with van der Waals surface area (Å²) < 4.78 is 12.7. The van der Waals surface area contributed by atoms with Crippen molar-refractivity contribution in [3.8, 4) is 5.75 Å². The van der Waals surface area contributed by atoms with E-state index in [1.54, 1.807) is 27.8 Å². The van der Waals surface area contributed by atoms with Crippen LogP contribution < -0.4 is 16.1 Å². The largest absolute Gasteiger partial charge is 0.490 e. The molecule has 0 bridgehead atoms. The molecule has 8 heteroatoms. The number of carbonyl (C=O) groups excluding carboxylic acids is 1. The fourth-order valence-corrected chi connectivity index (χ4v) is 2.22. The van der Waals surface area contributed by atoms with Gasteiger partial charge in [0.2, 0.25) is 0 Å². The molecule has 0 radical (unpaired) electrons. The van der Waals surface area contributed by atoms with Gasteiger partial charge in [-0.3, -0.25) is 5.41 Å². The van der Waals surface area contributed by atoms with Gasteiger partial charge in [-0.25, -0.2) is 10.7 Å². The summed E-state index contributed by atoms with van der Waals surface area (Å²) in [6.45, 7) is 10.9. The van der Waals surface area contributed by atoms with Gasteiger partial charge < -0.3 is 23.8 Å². The third kappa shape index (κ3) is 7.15. The minimum atomic E-state index is -0.541. The molecule has 0 aliphatic carbocycles. The molecule has 0 saturated carbocycles. The van der Waals surface area contributed by atoms with Crippen molar-refractivity contribution < 1.29 is 19.1 Å². The Kier molecular flexibility index (Phi) is 7.92. The van der Waals surface area contributed by atoms with E-state index in [1.807, 2.05) is 34.6 Å². The zero-order valence-corrected chi connectivity index (χ0v) is 15.7. The summed E-state index contributed by atoms with van der Waals surface area (Å²) >= 11 is 0. The third-order valence-electron chi connectivity index (χ3n) is 3.41. The molecular weight excluding hydrogens is 324 g/mol. The number of rotatable bonds is 8. The first kappa shape index (κ1) is 21.0. The topological polar surface area (TPSA) is 103 Å². The third-order valence-corrected chi connectivity index (χ3v) is 3.41. The molecule has 1 aromatic rings. The van der Waals surface area contributed by atoms with Crippen LogP contribution in [0.4, 0.5) is 4.79 Å². The summed E-state index contributed by atoms with van der Waals surface area (Å²) in [4.78, 5) is 18.4. The fraction of sp³-hybridized carbons (Fsp3) is 0.647. The smallest absolute Gasteiger partial charge is 0.410 e. The van der Waals surface area contributed by atoms with E-state index in [0.29, 0.717) is 30.9 Å². The molecule has 142 valence electrons. The minimum absolute atomic E-state index is 0.116. The first-order valence-electron chi connectivity index (χ1n) is 8.37. The number of hydrogen-bond acceptors (Lipinski definition) is 6. The lowest BCUT2D eigenvalue weighted by atomic mass is 10.2. The van der Waals surface area contributed by atoms with Crippen LogP contribution in [0.3, 0.4) is 0 Å². The highest BCUT2D eigenvalue weighted by molar-refractivity contribution is 5.68. The first-order chi connectivity index (χ1) is 11.7. The Bertz CT molecular complexity index is 609. The Labute approximate surface area is 148 Å². The second-order valence-electron chi connectivity index (χ2n) is 6.74. The molecule has 0 aliphatic rings. The maximum absolute atomic E-state index is 12.3. The van der Waals surface area contributed by atoms with E-state index in [1.165, 1.54) is 0 Å². The van der Waals surface area contributed by atoms with Crippen LogP contribution in [0.25, 0.3) is 0 Å². The van der Waals surface area contributed by atoms with E-state index in [9.17, 15) is 4.79 Å². The molecule has 0 saturated heterocycles. The van der Waals surface area contributed by atoms with Gasteiger partial charge >= 0.3 is 6.09 Å². The van der Waals surface area contributed by atoms with Gasteiger partial charge in [-0.2, -0.15) is 0 Å². The molecule has 25 heavy (non-hydrogen) atoms. The lowest BCUT2D eigenvalue weighted by Gasteiger charge is -2.29. The van der Waals surface area contributed by atoms with Gasteiger partial charge in [0.1, 0.15) is 30.1 Å². The number of nitrogens with two attached hydrogens (primary N) is 1. The van der Waals surface area contributed by atoms with Gasteiger partial charge in [0.15, 0.2) is 0 Å². The van der Waals surface area contributed by atoms with Crippen molar-refractivity contribution in [2.45, 2.75) is 46.3 Å². The molecule has 3 N–H and O–H groups in total. The van der Waals surface area contributed by atoms with Gasteiger partial charge in [0, 0.05) is 19.3 Å². The summed E-state index contributed by atoms with van der Waals surface area (Å²) in [5.41, 5.74) is -0.213. The van der Waals surface area contributed by atoms with E-state index >= 15 is 0 Å². The highest BCUT2D eigenvalue weighted by Gasteiger charge is 2.23. The molecule has 0 fully saturated rings. The van der Waals surface area contributed by atoms with Crippen molar-refractivity contribution in [3.63, 3.8) is 0 Å². The fourth-order valence-electron chi connectivity index (χ4n) is 2.22. The van der Waals surface area contributed by atoms with Gasteiger partial charge in [-0.1, -0.05) is 0 Å². The van der Waals surface area contributed by atoms with Crippen LogP contribution in [0.15, 0.2) is 18.3 Å². The average molecular weight is 354 g/mol. The maximum atomic E-state index is 12.3. The molecular formula is C17H30N4O4. The summed E-state index contributed by atoms with van der Waals surface area (Å²) in [6, 6.07) is 3.25. The van der Waals surface area contributed by atoms with Gasteiger partial charge in [0.25, 0.3) is 0 Å². The Morgan fingerprint density at radius 2 is 2.04 bits per heavy atom. The second-order valence-corrected chi connectivity index (χ2v) is 6.74. The number of hydrogen-bond donors (Lipinski definition) is 2. The Hall–Kier alpha value is -2.06. The number of nitrogens with one attached hydrogen (secondary N) is 1. The quantitative estimate of drug-likeness (QED) is 0.549. The highest BCUT2D eigenvalue weighted by Crippen LogP contribution is 2.15. The molecule has 1 amide bonds. The average Bonchev–Trinajstić information content (AvgIpc) is 2.52. The summed E-state index contributed by atoms with van der Waals surface area (Å²) in [6.07, 6.45) is 1.38. The molecule has 8 nitrogen and oxygen atoms in total. The number of carbonyl (C=O) groups is 1. The van der Waals surface area contributed by atoms with Crippen LogP contribution >= 0.6 is 0 Å². The van der Waals surface area contributed by atoms with E-state index in [2.05, 4.69) is 4.84 Å². The maximum Gasteiger partial charge on any atom is 0.410 e. The van der Waals surface area contributed by atoms with Gasteiger partial charge in [-0.05, 0) is 46.8 Å². The molecule has 1 rings (SSSR count). The molecule has 1 atom stereocenters. The number of amides is 1. The zero-order valence-electron chi connectivity index (χ0n) is 15.7. The van der Waals surface area contributed by atoms with Crippen molar-refractivity contribution in [2.75, 3.05) is 26.3 Å². The van der Waals surface area contributed by atoms with E-state index in [4.69, 9.17) is 20.8 Å². The van der Waals surface area contributed by atoms with Gasteiger partial charge in [0.05, 0.1) is 6.04 Å². The number of ether oxygens (including phenoxy) is 2. The van der Waals surface area contributed by atoms with Crippen LogP contribution in [0.1, 0.15) is 40.7 Å². The van der Waals surface area contributed by atoms with Crippen molar-refractivity contribution in [3.05, 3.63) is 23.8 Å². The summed E-state index contributed by atoms with van der Waals surface area (Å²) in [5, 5.41) is 8.09. The second kappa shape index (κ2) is 9.43. The number of pyridine rings is 1. The van der Waals surface area contributed by atoms with Gasteiger partial charge in [-0.15, -0.1) is 0 Å². The Morgan fingerprint density at radius 3 is 2.60 bits per heavy atom. The predicted octanol–water partition coefficient (Wildman–Crippen LogP) is 2.05. The van der Waals surface area contributed by atoms with Crippen LogP contribution in [0.5, 0.6) is 5.75 Å². The molecule has 0 spiro atoms. The number of nitrogens with zero attached hydrogens (tertiary/aromatic N) is 2. The van der Waals surface area contributed by atoms with E-state index in [-0.39, 0.29) is 18.7 Å². The monoisotopic (exact) mass is 354 g/mol. The van der Waals surface area contributed by atoms with Crippen molar-refractivity contribution in [2.24, 2.45) is 5.90 Å². The van der Waals surface area contributed by atoms with E-state index in [0.717, 1.165) is 0 Å². The first-order valence-corrected chi connectivity index (χ1v) is 8.37. The molecule has 0 aromatic carbocycles. The summed E-state index contributed by atoms with van der Waals surface area (Å²) in [7, 11) is 0. The van der Waals surface area contributed by atoms with Crippen LogP contribution in [-0.4, -0.2) is 47.5 Å². The Balaban J connectivity index is 2.83. The number of likely N-dealkylation sites (N-methyl/N-ethyl adjacent to an activating group) is 1. The standard InChI is InChI=1S/C17H30N4O4/c1-6-20(16(22)25-17(3,4)5)11-13(2)21-12-14(7-8-15(21)18)23-9-10-24-19/h7-8,12-13,18H,6,9-11,19H2,1-5H3. The predicted molar refractivity (Wildman–Crippen MR) is 94.1 cm³/mol. The molecule has 1 unspecified atom stereocenters. The normalized spacial score (nSPS) is 12.6. The summed E-state index contributed by atoms with van der Waals surface area (Å²) in [5.74, 6) is 5.58. The molecule has 0 aliphatic heterocycles. The van der Waals surface area contributed by atoms with Crippen LogP contribution in [-0.2, 0) is 9.57 Å². The van der Waals surface area contributed by atoms with Crippen molar-refractivity contribution in [1.29, 1.82) is 5.41 Å².